The largest absolute Gasteiger partial charge is 0.456 e. The first-order chi connectivity index (χ1) is 26.1. The molecule has 0 N–H and O–H groups in total. The van der Waals surface area contributed by atoms with Gasteiger partial charge in [-0.15, -0.1) is 0 Å². The molecule has 0 radical (unpaired) electrons. The molecule has 7 aromatic carbocycles. The van der Waals surface area contributed by atoms with Gasteiger partial charge in [-0.05, 0) is 156 Å². The van der Waals surface area contributed by atoms with E-state index in [-0.39, 0.29) is 0 Å². The second-order valence-corrected chi connectivity index (χ2v) is 16.8. The molecule has 3 heteroatoms. The highest BCUT2D eigenvalue weighted by molar-refractivity contribution is 6.15. The van der Waals surface area contributed by atoms with Gasteiger partial charge in [-0.25, -0.2) is 0 Å². The Morgan fingerprint density at radius 1 is 0.509 bits per heavy atom. The Bertz CT molecular complexity index is 2950. The Morgan fingerprint density at radius 2 is 1.19 bits per heavy atom. The monoisotopic (exact) mass is 682 g/mol. The number of hydrogen-bond acceptors (Lipinski definition) is 2. The number of benzene rings is 7. The Kier molecular flexibility index (Phi) is 5.42. The van der Waals surface area contributed by atoms with E-state index in [2.05, 4.69) is 155 Å². The van der Waals surface area contributed by atoms with E-state index in [0.717, 1.165) is 56.5 Å². The first-order valence-electron chi connectivity index (χ1n) is 19.5. The van der Waals surface area contributed by atoms with Gasteiger partial charge in [0, 0.05) is 44.3 Å². The number of aromatic nitrogens is 1. The van der Waals surface area contributed by atoms with Crippen LogP contribution in [0, 0.1) is 23.2 Å². The molecule has 9 aromatic rings. The lowest BCUT2D eigenvalue weighted by molar-refractivity contribution is -0.175. The number of anilines is 3. The quantitative estimate of drug-likeness (QED) is 0.180. The van der Waals surface area contributed by atoms with Gasteiger partial charge >= 0.3 is 0 Å². The number of furan rings is 1. The molecule has 2 heterocycles. The van der Waals surface area contributed by atoms with Crippen molar-refractivity contribution in [3.63, 3.8) is 0 Å². The van der Waals surface area contributed by atoms with Gasteiger partial charge in [0.2, 0.25) is 0 Å². The molecule has 0 aliphatic heterocycles. The van der Waals surface area contributed by atoms with Crippen LogP contribution in [0.1, 0.15) is 37.7 Å². The maximum absolute atomic E-state index is 6.24. The zero-order valence-electron chi connectivity index (χ0n) is 29.5. The Hall–Kier alpha value is -5.80. The zero-order chi connectivity index (χ0) is 34.5. The molecule has 0 amide bonds. The predicted molar refractivity (Wildman–Crippen MR) is 218 cm³/mol. The van der Waals surface area contributed by atoms with E-state index in [1.807, 2.05) is 6.07 Å². The van der Waals surface area contributed by atoms with Crippen molar-refractivity contribution in [3.05, 3.63) is 157 Å². The fraction of sp³-hybridized carbons (Fsp3) is 0.200. The van der Waals surface area contributed by atoms with E-state index in [1.54, 1.807) is 5.56 Å². The minimum absolute atomic E-state index is 0.409. The number of fused-ring (bicyclic) bond motifs is 8. The van der Waals surface area contributed by atoms with Crippen LogP contribution in [-0.2, 0) is 5.41 Å². The predicted octanol–water partition coefficient (Wildman–Crippen LogP) is 13.4. The van der Waals surface area contributed by atoms with Crippen molar-refractivity contribution in [2.24, 2.45) is 23.2 Å². The standard InChI is InChI=1S/C50H38N2O/c1-2-10-37(11-3-1)51(38-16-14-33(15-17-38)49-28-35-24-34-25-36(29-49)50(34,35)30-49)39-18-20-45-43(26-39)42-22-31-8-4-5-9-32(31)23-46(42)52(45)40-19-21-48-44(27-40)41-12-6-7-13-47(41)53-48/h1-23,26-27,34-36H,24-25,28-30H2. The molecule has 4 fully saturated rings. The Labute approximate surface area is 308 Å². The summed E-state index contributed by atoms with van der Waals surface area (Å²) in [4.78, 5) is 2.44. The molecule has 2 unspecified atom stereocenters. The molecule has 53 heavy (non-hydrogen) atoms. The zero-order valence-corrected chi connectivity index (χ0v) is 29.5. The van der Waals surface area contributed by atoms with Crippen LogP contribution in [0.15, 0.2) is 156 Å². The summed E-state index contributed by atoms with van der Waals surface area (Å²) in [6.07, 6.45) is 7.28. The first kappa shape index (κ1) is 28.7. The van der Waals surface area contributed by atoms with Crippen LogP contribution in [0.25, 0.3) is 60.2 Å². The molecule has 4 saturated carbocycles. The molecular formula is C50H38N2O. The normalized spacial score (nSPS) is 25.3. The maximum Gasteiger partial charge on any atom is 0.135 e. The number of para-hydroxylation sites is 2. The van der Waals surface area contributed by atoms with Gasteiger partial charge in [0.25, 0.3) is 0 Å². The summed E-state index contributed by atoms with van der Waals surface area (Å²) in [7, 11) is 0. The highest BCUT2D eigenvalue weighted by Crippen LogP contribution is 2.84. The van der Waals surface area contributed by atoms with Crippen molar-refractivity contribution in [1.29, 1.82) is 0 Å². The molecule has 2 bridgehead atoms. The highest BCUT2D eigenvalue weighted by atomic mass is 16.3. The van der Waals surface area contributed by atoms with E-state index in [0.29, 0.717) is 5.41 Å². The van der Waals surface area contributed by atoms with Crippen molar-refractivity contribution in [2.75, 3.05) is 4.90 Å². The lowest BCUT2D eigenvalue weighted by Crippen LogP contribution is -2.59. The molecule has 254 valence electrons. The van der Waals surface area contributed by atoms with Crippen molar-refractivity contribution >= 4 is 71.6 Å². The van der Waals surface area contributed by atoms with Gasteiger partial charge in [-0.2, -0.15) is 0 Å². The van der Waals surface area contributed by atoms with Crippen LogP contribution >= 0.6 is 0 Å². The second kappa shape index (κ2) is 9.99. The molecular weight excluding hydrogens is 645 g/mol. The second-order valence-electron chi connectivity index (χ2n) is 16.8. The van der Waals surface area contributed by atoms with Crippen LogP contribution in [0.4, 0.5) is 17.1 Å². The number of hydrogen-bond donors (Lipinski definition) is 0. The summed E-state index contributed by atoms with van der Waals surface area (Å²) in [6, 6.07) is 56.2. The lowest BCUT2D eigenvalue weighted by atomic mass is 9.38. The number of nitrogens with zero attached hydrogens (tertiary/aromatic N) is 2. The van der Waals surface area contributed by atoms with Crippen molar-refractivity contribution in [3.8, 4) is 5.69 Å². The van der Waals surface area contributed by atoms with Gasteiger partial charge < -0.3 is 13.9 Å². The molecule has 2 aromatic heterocycles. The third-order valence-electron chi connectivity index (χ3n) is 14.6. The smallest absolute Gasteiger partial charge is 0.135 e. The van der Waals surface area contributed by atoms with Gasteiger partial charge in [0.1, 0.15) is 11.2 Å². The van der Waals surface area contributed by atoms with Gasteiger partial charge in [-0.3, -0.25) is 0 Å². The topological polar surface area (TPSA) is 21.3 Å². The van der Waals surface area contributed by atoms with Gasteiger partial charge in [0.05, 0.1) is 11.0 Å². The van der Waals surface area contributed by atoms with Gasteiger partial charge in [-0.1, -0.05) is 72.8 Å². The summed E-state index contributed by atoms with van der Waals surface area (Å²) in [5, 5.41) is 7.27. The van der Waals surface area contributed by atoms with E-state index in [9.17, 15) is 0 Å². The summed E-state index contributed by atoms with van der Waals surface area (Å²) >= 11 is 0. The third kappa shape index (κ3) is 3.70. The Balaban J connectivity index is 0.988. The van der Waals surface area contributed by atoms with E-state index < -0.39 is 0 Å². The molecule has 4 aliphatic rings. The van der Waals surface area contributed by atoms with E-state index in [4.69, 9.17) is 4.42 Å². The minimum Gasteiger partial charge on any atom is -0.456 e. The Morgan fingerprint density at radius 3 is 1.98 bits per heavy atom. The van der Waals surface area contributed by atoms with Crippen molar-refractivity contribution < 1.29 is 4.42 Å². The number of rotatable bonds is 5. The maximum atomic E-state index is 6.24. The van der Waals surface area contributed by atoms with Crippen molar-refractivity contribution in [2.45, 2.75) is 37.5 Å². The lowest BCUT2D eigenvalue weighted by Gasteiger charge is -2.66. The fourth-order valence-electron chi connectivity index (χ4n) is 12.4. The van der Waals surface area contributed by atoms with Crippen molar-refractivity contribution in [1.82, 2.24) is 4.57 Å². The van der Waals surface area contributed by atoms with Crippen LogP contribution in [0.2, 0.25) is 0 Å². The van der Waals surface area contributed by atoms with Crippen LogP contribution in [0.5, 0.6) is 0 Å². The molecule has 4 aliphatic carbocycles. The molecule has 3 nitrogen and oxygen atoms in total. The molecule has 0 saturated heterocycles. The van der Waals surface area contributed by atoms with Crippen LogP contribution < -0.4 is 4.90 Å². The molecule has 1 spiro atoms. The minimum atomic E-state index is 0.409. The SMILES string of the molecule is c1ccc(N(c2ccc(C34CC5CC6CC(C3)C65C4)cc2)c2ccc3c(c2)c2cc4ccccc4cc2n3-c2ccc3oc4ccccc4c3c2)cc1. The van der Waals surface area contributed by atoms with E-state index >= 15 is 0 Å². The van der Waals surface area contributed by atoms with Crippen LogP contribution in [-0.4, -0.2) is 4.57 Å². The first-order valence-corrected chi connectivity index (χ1v) is 19.5. The van der Waals surface area contributed by atoms with Gasteiger partial charge in [0.15, 0.2) is 0 Å². The summed E-state index contributed by atoms with van der Waals surface area (Å²) in [5.41, 5.74) is 11.6. The summed E-state index contributed by atoms with van der Waals surface area (Å²) < 4.78 is 8.68. The van der Waals surface area contributed by atoms with E-state index in [1.165, 1.54) is 76.1 Å². The highest BCUT2D eigenvalue weighted by Gasteiger charge is 2.77. The summed E-state index contributed by atoms with van der Waals surface area (Å²) in [6.45, 7) is 0. The average molecular weight is 683 g/mol. The summed E-state index contributed by atoms with van der Waals surface area (Å²) in [5.74, 6) is 3.03. The molecule has 13 rings (SSSR count). The molecule has 2 atom stereocenters. The van der Waals surface area contributed by atoms with Crippen LogP contribution in [0.3, 0.4) is 0 Å². The fourth-order valence-corrected chi connectivity index (χ4v) is 12.4. The third-order valence-corrected chi connectivity index (χ3v) is 14.6. The average Bonchev–Trinajstić information content (AvgIpc) is 3.91.